The van der Waals surface area contributed by atoms with Crippen LogP contribution in [0.4, 0.5) is 5.69 Å². The van der Waals surface area contributed by atoms with Gasteiger partial charge in [0.25, 0.3) is 0 Å². The second kappa shape index (κ2) is 11.3. The van der Waals surface area contributed by atoms with Crippen LogP contribution in [-0.2, 0) is 4.79 Å². The van der Waals surface area contributed by atoms with Crippen LogP contribution in [0.15, 0.2) is 48.5 Å². The number of nitrogens with one attached hydrogen (secondary N) is 2. The smallest absolute Gasteiger partial charge is 0.224 e. The SMILES string of the molecule is CCOc1ccc(Oc2ccccc2NC(=O)CCCNC)cc1.Cl. The lowest BCUT2D eigenvalue weighted by atomic mass is 10.2. The van der Waals surface area contributed by atoms with Gasteiger partial charge in [-0.1, -0.05) is 12.1 Å². The Hall–Kier alpha value is -2.24. The van der Waals surface area contributed by atoms with Gasteiger partial charge >= 0.3 is 0 Å². The second-order valence-corrected chi connectivity index (χ2v) is 5.26. The first-order chi connectivity index (χ1) is 11.7. The molecule has 0 heterocycles. The van der Waals surface area contributed by atoms with Crippen LogP contribution in [0.5, 0.6) is 17.2 Å². The molecule has 0 bridgehead atoms. The van der Waals surface area contributed by atoms with Crippen LogP contribution in [0.3, 0.4) is 0 Å². The Balaban J connectivity index is 0.00000312. The normalized spacial score (nSPS) is 9.84. The molecule has 6 heteroatoms. The Morgan fingerprint density at radius 1 is 1.04 bits per heavy atom. The van der Waals surface area contributed by atoms with E-state index < -0.39 is 0 Å². The van der Waals surface area contributed by atoms with Crippen molar-refractivity contribution in [3.8, 4) is 17.2 Å². The maximum atomic E-state index is 12.0. The third kappa shape index (κ3) is 7.03. The minimum atomic E-state index is -0.0204. The number of halogens is 1. The Kier molecular flexibility index (Phi) is 9.43. The molecule has 0 aliphatic carbocycles. The van der Waals surface area contributed by atoms with Gasteiger partial charge < -0.3 is 20.1 Å². The van der Waals surface area contributed by atoms with Crippen LogP contribution >= 0.6 is 12.4 Å². The van der Waals surface area contributed by atoms with Crippen LogP contribution in [0.2, 0.25) is 0 Å². The summed E-state index contributed by atoms with van der Waals surface area (Å²) >= 11 is 0. The molecule has 2 N–H and O–H groups in total. The average molecular weight is 365 g/mol. The van der Waals surface area contributed by atoms with Gasteiger partial charge in [0.2, 0.25) is 5.91 Å². The molecule has 0 saturated heterocycles. The zero-order valence-electron chi connectivity index (χ0n) is 14.6. The third-order valence-electron chi connectivity index (χ3n) is 3.35. The van der Waals surface area contributed by atoms with Gasteiger partial charge in [-0.25, -0.2) is 0 Å². The fourth-order valence-electron chi connectivity index (χ4n) is 2.19. The van der Waals surface area contributed by atoms with E-state index in [9.17, 15) is 4.79 Å². The lowest BCUT2D eigenvalue weighted by Gasteiger charge is -2.12. The van der Waals surface area contributed by atoms with Gasteiger partial charge in [0.1, 0.15) is 11.5 Å². The largest absolute Gasteiger partial charge is 0.494 e. The van der Waals surface area contributed by atoms with E-state index in [4.69, 9.17) is 9.47 Å². The highest BCUT2D eigenvalue weighted by atomic mass is 35.5. The maximum Gasteiger partial charge on any atom is 0.224 e. The van der Waals surface area contributed by atoms with Crippen LogP contribution in [0.25, 0.3) is 0 Å². The highest BCUT2D eigenvalue weighted by Crippen LogP contribution is 2.30. The molecule has 25 heavy (non-hydrogen) atoms. The summed E-state index contributed by atoms with van der Waals surface area (Å²) in [6.45, 7) is 3.39. The number of hydrogen-bond donors (Lipinski definition) is 2. The quantitative estimate of drug-likeness (QED) is 0.653. The van der Waals surface area contributed by atoms with Crippen LogP contribution in [-0.4, -0.2) is 26.1 Å². The molecule has 0 saturated carbocycles. The summed E-state index contributed by atoms with van der Waals surface area (Å²) in [5.74, 6) is 2.09. The molecule has 0 fully saturated rings. The Labute approximate surface area is 155 Å². The third-order valence-corrected chi connectivity index (χ3v) is 3.35. The van der Waals surface area contributed by atoms with Crippen molar-refractivity contribution in [2.75, 3.05) is 25.5 Å². The van der Waals surface area contributed by atoms with Gasteiger partial charge in [-0.05, 0) is 63.3 Å². The van der Waals surface area contributed by atoms with Crippen LogP contribution in [0, 0.1) is 0 Å². The summed E-state index contributed by atoms with van der Waals surface area (Å²) in [6.07, 6.45) is 1.27. The predicted molar refractivity (Wildman–Crippen MR) is 103 cm³/mol. The van der Waals surface area contributed by atoms with Crippen molar-refractivity contribution in [2.45, 2.75) is 19.8 Å². The van der Waals surface area contributed by atoms with E-state index in [1.165, 1.54) is 0 Å². The summed E-state index contributed by atoms with van der Waals surface area (Å²) in [6, 6.07) is 14.8. The summed E-state index contributed by atoms with van der Waals surface area (Å²) in [4.78, 5) is 12.0. The number of amides is 1. The van der Waals surface area contributed by atoms with E-state index in [0.717, 1.165) is 18.7 Å². The molecule has 2 aromatic carbocycles. The van der Waals surface area contributed by atoms with Crippen LogP contribution < -0.4 is 20.1 Å². The van der Waals surface area contributed by atoms with Gasteiger partial charge in [-0.15, -0.1) is 12.4 Å². The summed E-state index contributed by atoms with van der Waals surface area (Å²) in [5.41, 5.74) is 0.667. The van der Waals surface area contributed by atoms with Gasteiger partial charge in [0.15, 0.2) is 5.75 Å². The first kappa shape index (κ1) is 20.8. The highest BCUT2D eigenvalue weighted by molar-refractivity contribution is 5.92. The maximum absolute atomic E-state index is 12.0. The lowest BCUT2D eigenvalue weighted by Crippen LogP contribution is -2.15. The van der Waals surface area contributed by atoms with Gasteiger partial charge in [0.05, 0.1) is 12.3 Å². The lowest BCUT2D eigenvalue weighted by molar-refractivity contribution is -0.116. The van der Waals surface area contributed by atoms with Gasteiger partial charge in [-0.3, -0.25) is 4.79 Å². The highest BCUT2D eigenvalue weighted by Gasteiger charge is 2.08. The van der Waals surface area contributed by atoms with E-state index in [2.05, 4.69) is 10.6 Å². The number of ether oxygens (including phenoxy) is 2. The molecular formula is C19H25ClN2O3. The molecule has 0 aliphatic heterocycles. The molecule has 0 radical (unpaired) electrons. The molecule has 5 nitrogen and oxygen atoms in total. The van der Waals surface area contributed by atoms with E-state index in [-0.39, 0.29) is 18.3 Å². The molecule has 0 aromatic heterocycles. The van der Waals surface area contributed by atoms with E-state index in [1.54, 1.807) is 0 Å². The van der Waals surface area contributed by atoms with Crippen molar-refractivity contribution in [3.63, 3.8) is 0 Å². The van der Waals surface area contributed by atoms with Crippen molar-refractivity contribution in [3.05, 3.63) is 48.5 Å². The number of hydrogen-bond acceptors (Lipinski definition) is 4. The molecule has 136 valence electrons. The number of anilines is 1. The first-order valence-corrected chi connectivity index (χ1v) is 8.17. The number of carbonyl (C=O) groups excluding carboxylic acids is 1. The molecule has 0 unspecified atom stereocenters. The summed E-state index contributed by atoms with van der Waals surface area (Å²) in [5, 5.41) is 5.93. The minimum Gasteiger partial charge on any atom is -0.494 e. The standard InChI is InChI=1S/C19H24N2O3.ClH/c1-3-23-15-10-12-16(13-11-15)24-18-8-5-4-7-17(18)21-19(22)9-6-14-20-2;/h4-5,7-8,10-13,20H,3,6,9,14H2,1-2H3,(H,21,22);1H. The molecule has 0 spiro atoms. The zero-order valence-corrected chi connectivity index (χ0v) is 15.4. The monoisotopic (exact) mass is 364 g/mol. The average Bonchev–Trinajstić information content (AvgIpc) is 2.59. The predicted octanol–water partition coefficient (Wildman–Crippen LogP) is 4.24. The summed E-state index contributed by atoms with van der Waals surface area (Å²) < 4.78 is 11.3. The number of benzene rings is 2. The van der Waals surface area contributed by atoms with Gasteiger partial charge in [-0.2, -0.15) is 0 Å². The van der Waals surface area contributed by atoms with Crippen molar-refractivity contribution in [1.82, 2.24) is 5.32 Å². The van der Waals surface area contributed by atoms with Crippen LogP contribution in [0.1, 0.15) is 19.8 Å². The van der Waals surface area contributed by atoms with Gasteiger partial charge in [0, 0.05) is 6.42 Å². The van der Waals surface area contributed by atoms with E-state index >= 15 is 0 Å². The molecule has 0 atom stereocenters. The molecule has 2 aromatic rings. The second-order valence-electron chi connectivity index (χ2n) is 5.26. The van der Waals surface area contributed by atoms with Crippen molar-refractivity contribution >= 4 is 24.0 Å². The van der Waals surface area contributed by atoms with Crippen molar-refractivity contribution in [2.24, 2.45) is 0 Å². The van der Waals surface area contributed by atoms with E-state index in [0.29, 0.717) is 30.2 Å². The fraction of sp³-hybridized carbons (Fsp3) is 0.316. The number of rotatable bonds is 9. The molecule has 2 rings (SSSR count). The van der Waals surface area contributed by atoms with Crippen molar-refractivity contribution < 1.29 is 14.3 Å². The van der Waals surface area contributed by atoms with Crippen molar-refractivity contribution in [1.29, 1.82) is 0 Å². The Bertz CT molecular complexity index is 647. The first-order valence-electron chi connectivity index (χ1n) is 8.17. The molecule has 1 amide bonds. The summed E-state index contributed by atoms with van der Waals surface area (Å²) in [7, 11) is 1.87. The Morgan fingerprint density at radius 2 is 1.72 bits per heavy atom. The molecule has 0 aliphatic rings. The molecular weight excluding hydrogens is 340 g/mol. The zero-order chi connectivity index (χ0) is 17.2. The fourth-order valence-corrected chi connectivity index (χ4v) is 2.19. The number of carbonyl (C=O) groups is 1. The van der Waals surface area contributed by atoms with E-state index in [1.807, 2.05) is 62.5 Å². The topological polar surface area (TPSA) is 59.6 Å². The Morgan fingerprint density at radius 3 is 2.40 bits per heavy atom. The number of para-hydroxylation sites is 2. The minimum absolute atomic E-state index is 0.